The summed E-state index contributed by atoms with van der Waals surface area (Å²) < 4.78 is 2.69. The fourth-order valence-electron chi connectivity index (χ4n) is 14.1. The van der Waals surface area contributed by atoms with E-state index >= 15 is 0 Å². The number of thiophene rings is 1. The van der Waals surface area contributed by atoms with Crippen LogP contribution in [0.4, 0.5) is 34.1 Å². The molecule has 0 unspecified atom stereocenters. The van der Waals surface area contributed by atoms with Crippen LogP contribution in [0.25, 0.3) is 20.2 Å². The first-order chi connectivity index (χ1) is 30.5. The highest BCUT2D eigenvalue weighted by Crippen LogP contribution is 2.56. The van der Waals surface area contributed by atoms with Gasteiger partial charge in [0.1, 0.15) is 0 Å². The molecule has 12 rings (SSSR count). The van der Waals surface area contributed by atoms with Crippen LogP contribution in [0.3, 0.4) is 0 Å². The van der Waals surface area contributed by atoms with E-state index < -0.39 is 0 Å². The van der Waals surface area contributed by atoms with Gasteiger partial charge in [0.15, 0.2) is 0 Å². The first-order valence-electron chi connectivity index (χ1n) is 24.7. The van der Waals surface area contributed by atoms with Gasteiger partial charge in [-0.1, -0.05) is 126 Å². The summed E-state index contributed by atoms with van der Waals surface area (Å²) in [6.07, 6.45) is 5.90. The zero-order chi connectivity index (χ0) is 45.7. The predicted molar refractivity (Wildman–Crippen MR) is 284 cm³/mol. The summed E-state index contributed by atoms with van der Waals surface area (Å²) in [5.41, 5.74) is 24.6. The Labute approximate surface area is 393 Å². The van der Waals surface area contributed by atoms with Gasteiger partial charge in [0.25, 0.3) is 6.71 Å². The molecule has 1 aromatic heterocycles. The molecular weight excluding hydrogens is 804 g/mol. The molecule has 0 spiro atoms. The number of benzene rings is 6. The van der Waals surface area contributed by atoms with Gasteiger partial charge in [0.05, 0.1) is 5.69 Å². The molecule has 2 nitrogen and oxygen atoms in total. The fraction of sp³-hybridized carbons (Fsp3) is 0.410. The van der Waals surface area contributed by atoms with Crippen molar-refractivity contribution in [3.05, 3.63) is 136 Å². The molecule has 0 N–H and O–H groups in total. The average molecular weight is 871 g/mol. The minimum absolute atomic E-state index is 0.0636. The maximum Gasteiger partial charge on any atom is 0.252 e. The van der Waals surface area contributed by atoms with E-state index in [0.717, 1.165) is 6.42 Å². The SMILES string of the molecule is Cc1cc2c3c(c1)N(c1cccc4sc5ccccc5c14)c1cc4c(cc1B3c1cc3c(cc1N2c1cc2c(cc1C)C(C)(C)CC2(C)C)C(C)(C)CCC3(C)C)C(C)(C)CCC4(C)C. The van der Waals surface area contributed by atoms with Crippen molar-refractivity contribution in [3.63, 3.8) is 0 Å². The maximum absolute atomic E-state index is 2.75. The van der Waals surface area contributed by atoms with Crippen LogP contribution < -0.4 is 26.2 Å². The molecule has 330 valence electrons. The molecule has 0 amide bonds. The second-order valence-electron chi connectivity index (χ2n) is 25.1. The summed E-state index contributed by atoms with van der Waals surface area (Å²) >= 11 is 1.92. The van der Waals surface area contributed by atoms with Crippen LogP contribution in [0.5, 0.6) is 0 Å². The molecule has 4 heteroatoms. The van der Waals surface area contributed by atoms with E-state index in [-0.39, 0.29) is 39.2 Å². The van der Waals surface area contributed by atoms with Gasteiger partial charge in [-0.25, -0.2) is 0 Å². The quantitative estimate of drug-likeness (QED) is 0.160. The van der Waals surface area contributed by atoms with E-state index in [1.807, 2.05) is 11.3 Å². The minimum atomic E-state index is 0.0636. The van der Waals surface area contributed by atoms with Gasteiger partial charge in [0.2, 0.25) is 0 Å². The molecule has 0 atom stereocenters. The number of hydrogen-bond acceptors (Lipinski definition) is 3. The zero-order valence-corrected chi connectivity index (χ0v) is 42.4. The maximum atomic E-state index is 2.75. The van der Waals surface area contributed by atoms with Crippen molar-refractivity contribution in [1.82, 2.24) is 0 Å². The van der Waals surface area contributed by atoms with E-state index in [9.17, 15) is 0 Å². The number of aryl methyl sites for hydroxylation is 2. The van der Waals surface area contributed by atoms with E-state index in [4.69, 9.17) is 0 Å². The predicted octanol–water partition coefficient (Wildman–Crippen LogP) is 15.4. The molecule has 65 heavy (non-hydrogen) atoms. The smallest absolute Gasteiger partial charge is 0.252 e. The third-order valence-electron chi connectivity index (χ3n) is 17.7. The van der Waals surface area contributed by atoms with Gasteiger partial charge in [-0.3, -0.25) is 0 Å². The standard InChI is InChI=1S/C61H67BN2S/c1-35-26-50-55-51(27-35)64(47-31-43-38(28-36(47)2)60(11,12)34-61(43,13)14)49-33-42-40(57(5,6)23-25-59(42,9)10)30-45(49)62(55)44-29-39-41(58(7,8)24-22-56(39,3)4)32-48(44)63(50)46-19-17-21-53-54(46)37-18-15-16-20-52(37)65-53/h15-21,26-33H,22-25,34H2,1-14H3. The summed E-state index contributed by atoms with van der Waals surface area (Å²) in [7, 11) is 0. The van der Waals surface area contributed by atoms with Gasteiger partial charge in [-0.2, -0.15) is 0 Å². The lowest BCUT2D eigenvalue weighted by Gasteiger charge is -2.49. The Kier molecular flexibility index (Phi) is 8.33. The van der Waals surface area contributed by atoms with E-state index in [2.05, 4.69) is 198 Å². The molecule has 0 radical (unpaired) electrons. The van der Waals surface area contributed by atoms with Crippen LogP contribution in [0, 0.1) is 13.8 Å². The normalized spacial score (nSPS) is 20.8. The van der Waals surface area contributed by atoms with Crippen LogP contribution in [0.1, 0.15) is 160 Å². The van der Waals surface area contributed by atoms with Crippen molar-refractivity contribution in [2.75, 3.05) is 9.80 Å². The Morgan fingerprint density at radius 1 is 0.431 bits per heavy atom. The summed E-state index contributed by atoms with van der Waals surface area (Å²) in [4.78, 5) is 5.48. The lowest BCUT2D eigenvalue weighted by atomic mass is 9.32. The van der Waals surface area contributed by atoms with Gasteiger partial charge >= 0.3 is 0 Å². The van der Waals surface area contributed by atoms with Crippen molar-refractivity contribution < 1.29 is 0 Å². The van der Waals surface area contributed by atoms with E-state index in [0.29, 0.717) is 0 Å². The van der Waals surface area contributed by atoms with Gasteiger partial charge < -0.3 is 9.80 Å². The molecule has 5 aliphatic rings. The molecule has 7 aromatic rings. The molecule has 2 aliphatic heterocycles. The Bertz CT molecular complexity index is 3240. The van der Waals surface area contributed by atoms with Crippen molar-refractivity contribution in [2.45, 2.75) is 162 Å². The Morgan fingerprint density at radius 3 is 1.43 bits per heavy atom. The van der Waals surface area contributed by atoms with Gasteiger partial charge in [0, 0.05) is 48.6 Å². The number of fused-ring (bicyclic) bond motifs is 10. The highest BCUT2D eigenvalue weighted by atomic mass is 32.1. The monoisotopic (exact) mass is 871 g/mol. The van der Waals surface area contributed by atoms with Crippen molar-refractivity contribution in [1.29, 1.82) is 0 Å². The third-order valence-corrected chi connectivity index (χ3v) is 18.8. The van der Waals surface area contributed by atoms with E-state index in [1.54, 1.807) is 0 Å². The first kappa shape index (κ1) is 41.6. The highest BCUT2D eigenvalue weighted by Gasteiger charge is 2.50. The molecule has 3 aliphatic carbocycles. The summed E-state index contributed by atoms with van der Waals surface area (Å²) in [6.45, 7) is 34.7. The van der Waals surface area contributed by atoms with Crippen LogP contribution >= 0.6 is 11.3 Å². The van der Waals surface area contributed by atoms with Crippen molar-refractivity contribution in [3.8, 4) is 0 Å². The van der Waals surface area contributed by atoms with Gasteiger partial charge in [-0.15, -0.1) is 11.3 Å². The van der Waals surface area contributed by atoms with Crippen molar-refractivity contribution in [2.24, 2.45) is 0 Å². The summed E-state index contributed by atoms with van der Waals surface area (Å²) in [6, 6.07) is 37.2. The van der Waals surface area contributed by atoms with Gasteiger partial charge in [-0.05, 0) is 188 Å². The molecule has 0 fully saturated rings. The number of hydrogen-bond donors (Lipinski definition) is 0. The van der Waals surface area contributed by atoms with Crippen LogP contribution in [0.15, 0.2) is 91.0 Å². The molecule has 3 heterocycles. The Hall–Kier alpha value is -4.80. The topological polar surface area (TPSA) is 6.48 Å². The minimum Gasteiger partial charge on any atom is -0.311 e. The van der Waals surface area contributed by atoms with E-state index in [1.165, 1.54) is 141 Å². The lowest BCUT2D eigenvalue weighted by molar-refractivity contribution is 0.332. The summed E-state index contributed by atoms with van der Waals surface area (Å²) in [5, 5.41) is 2.70. The highest BCUT2D eigenvalue weighted by molar-refractivity contribution is 7.26. The second-order valence-corrected chi connectivity index (χ2v) is 26.2. The molecule has 0 saturated heterocycles. The van der Waals surface area contributed by atoms with Crippen LogP contribution in [-0.2, 0) is 32.5 Å². The third kappa shape index (κ3) is 5.71. The van der Waals surface area contributed by atoms with Crippen molar-refractivity contribution >= 4 is 88.7 Å². The molecule has 0 saturated carbocycles. The van der Waals surface area contributed by atoms with Crippen LogP contribution in [0.2, 0.25) is 0 Å². The number of nitrogens with zero attached hydrogens (tertiary/aromatic N) is 2. The summed E-state index contributed by atoms with van der Waals surface area (Å²) in [5.74, 6) is 0. The Morgan fingerprint density at radius 2 is 0.877 bits per heavy atom. The zero-order valence-electron chi connectivity index (χ0n) is 41.6. The van der Waals surface area contributed by atoms with Crippen LogP contribution in [-0.4, -0.2) is 6.71 Å². The number of anilines is 6. The second kappa shape index (κ2) is 13.0. The largest absolute Gasteiger partial charge is 0.311 e. The lowest BCUT2D eigenvalue weighted by Crippen LogP contribution is -2.62. The molecule has 6 aromatic carbocycles. The molecular formula is C61H67BN2S. The Balaban J connectivity index is 1.25. The number of rotatable bonds is 2. The molecule has 0 bridgehead atoms. The average Bonchev–Trinajstić information content (AvgIpc) is 3.70. The first-order valence-corrected chi connectivity index (χ1v) is 25.5. The fourth-order valence-corrected chi connectivity index (χ4v) is 15.2.